The Morgan fingerprint density at radius 1 is 1.28 bits per heavy atom. The number of benzene rings is 2. The number of nitrogens with one attached hydrogen (secondary N) is 1. The molecule has 0 saturated carbocycles. The highest BCUT2D eigenvalue weighted by atomic mass is 32.2. The van der Waals surface area contributed by atoms with Crippen LogP contribution in [0.25, 0.3) is 0 Å². The van der Waals surface area contributed by atoms with Crippen LogP contribution in [0.15, 0.2) is 58.8 Å². The van der Waals surface area contributed by atoms with Crippen molar-refractivity contribution in [1.29, 1.82) is 0 Å². The van der Waals surface area contributed by atoms with Crippen molar-refractivity contribution < 1.29 is 14.5 Å². The summed E-state index contributed by atoms with van der Waals surface area (Å²) in [5.74, 6) is 0.404. The summed E-state index contributed by atoms with van der Waals surface area (Å²) in [6.07, 6.45) is 2.15. The van der Waals surface area contributed by atoms with E-state index in [9.17, 15) is 14.9 Å². The first-order valence-corrected chi connectivity index (χ1v) is 9.51. The molecule has 0 unspecified atom stereocenters. The quantitative estimate of drug-likeness (QED) is 0.446. The van der Waals surface area contributed by atoms with Crippen molar-refractivity contribution in [2.45, 2.75) is 16.5 Å². The van der Waals surface area contributed by atoms with Crippen molar-refractivity contribution in [3.63, 3.8) is 0 Å². The second kappa shape index (κ2) is 9.20. The van der Waals surface area contributed by atoms with Gasteiger partial charge in [0.05, 0.1) is 16.9 Å². The van der Waals surface area contributed by atoms with E-state index in [-0.39, 0.29) is 17.2 Å². The summed E-state index contributed by atoms with van der Waals surface area (Å²) in [6, 6.07) is 12.0. The van der Waals surface area contributed by atoms with Gasteiger partial charge in [-0.2, -0.15) is 0 Å². The maximum Gasteiger partial charge on any atom is 0.284 e. The van der Waals surface area contributed by atoms with Crippen LogP contribution in [0, 0.1) is 10.1 Å². The number of carbonyl (C=O) groups is 1. The maximum absolute atomic E-state index is 12.4. The van der Waals surface area contributed by atoms with Crippen LogP contribution in [0.2, 0.25) is 0 Å². The Kier molecular flexibility index (Phi) is 6.45. The zero-order valence-corrected chi connectivity index (χ0v) is 16.7. The van der Waals surface area contributed by atoms with Gasteiger partial charge in [-0.25, -0.2) is 0 Å². The first kappa shape index (κ1) is 20.3. The number of rotatable bonds is 8. The second-order valence-electron chi connectivity index (χ2n) is 6.12. The van der Waals surface area contributed by atoms with E-state index in [4.69, 9.17) is 4.74 Å². The van der Waals surface area contributed by atoms with E-state index in [1.54, 1.807) is 30.9 Å². The molecule has 3 rings (SSSR count). The zero-order chi connectivity index (χ0) is 20.8. The van der Waals surface area contributed by atoms with E-state index >= 15 is 0 Å². The number of nitro groups is 1. The van der Waals surface area contributed by atoms with Gasteiger partial charge in [-0.05, 0) is 48.0 Å². The first-order chi connectivity index (χ1) is 14.0. The van der Waals surface area contributed by atoms with Crippen LogP contribution in [0.1, 0.15) is 15.9 Å². The Morgan fingerprint density at radius 2 is 2.03 bits per heavy atom. The van der Waals surface area contributed by atoms with Gasteiger partial charge in [0, 0.05) is 25.2 Å². The predicted molar refractivity (Wildman–Crippen MR) is 107 cm³/mol. The highest BCUT2D eigenvalue weighted by molar-refractivity contribution is 7.99. The van der Waals surface area contributed by atoms with E-state index in [0.29, 0.717) is 23.0 Å². The lowest BCUT2D eigenvalue weighted by atomic mass is 10.1. The molecule has 0 bridgehead atoms. The fraction of sp³-hybridized carbons (Fsp3) is 0.211. The topological polar surface area (TPSA) is 112 Å². The van der Waals surface area contributed by atoms with Gasteiger partial charge in [-0.15, -0.1) is 10.2 Å². The van der Waals surface area contributed by atoms with Gasteiger partial charge >= 0.3 is 0 Å². The van der Waals surface area contributed by atoms with Gasteiger partial charge in [-0.3, -0.25) is 14.9 Å². The Hall–Kier alpha value is -3.40. The first-order valence-electron chi connectivity index (χ1n) is 8.69. The SMILES string of the molecule is COc1ccc(CCNC(=O)c2ccc(Sc3nncn3C)c([N+](=O)[O-])c2)cc1. The van der Waals surface area contributed by atoms with E-state index < -0.39 is 4.92 Å². The van der Waals surface area contributed by atoms with Gasteiger partial charge in [0.25, 0.3) is 11.6 Å². The Balaban J connectivity index is 1.66. The highest BCUT2D eigenvalue weighted by Crippen LogP contribution is 2.34. The number of aromatic nitrogens is 3. The summed E-state index contributed by atoms with van der Waals surface area (Å²) < 4.78 is 6.77. The Labute approximate surface area is 171 Å². The smallest absolute Gasteiger partial charge is 0.284 e. The average molecular weight is 413 g/mol. The molecule has 1 heterocycles. The van der Waals surface area contributed by atoms with Crippen molar-refractivity contribution in [3.05, 3.63) is 70.0 Å². The van der Waals surface area contributed by atoms with Crippen molar-refractivity contribution >= 4 is 23.4 Å². The van der Waals surface area contributed by atoms with Crippen LogP contribution >= 0.6 is 11.8 Å². The average Bonchev–Trinajstić information content (AvgIpc) is 3.13. The number of carbonyl (C=O) groups excluding carboxylic acids is 1. The largest absolute Gasteiger partial charge is 0.497 e. The second-order valence-corrected chi connectivity index (χ2v) is 7.13. The zero-order valence-electron chi connectivity index (χ0n) is 15.9. The fourth-order valence-corrected chi connectivity index (χ4v) is 3.42. The summed E-state index contributed by atoms with van der Waals surface area (Å²) >= 11 is 1.12. The Bertz CT molecular complexity index is 1020. The van der Waals surface area contributed by atoms with E-state index in [1.165, 1.54) is 12.4 Å². The molecule has 2 aromatic carbocycles. The molecule has 0 spiro atoms. The summed E-state index contributed by atoms with van der Waals surface area (Å²) in [5.41, 5.74) is 1.13. The van der Waals surface area contributed by atoms with Crippen LogP contribution < -0.4 is 10.1 Å². The van der Waals surface area contributed by atoms with Crippen molar-refractivity contribution in [1.82, 2.24) is 20.1 Å². The lowest BCUT2D eigenvalue weighted by Gasteiger charge is -2.08. The minimum absolute atomic E-state index is 0.152. The molecule has 0 fully saturated rings. The molecule has 10 heteroatoms. The summed E-state index contributed by atoms with van der Waals surface area (Å²) in [6.45, 7) is 0.411. The molecular weight excluding hydrogens is 394 g/mol. The van der Waals surface area contributed by atoms with Crippen molar-refractivity contribution in [3.8, 4) is 5.75 Å². The minimum atomic E-state index is -0.507. The number of aryl methyl sites for hydroxylation is 1. The summed E-state index contributed by atoms with van der Waals surface area (Å²) in [4.78, 5) is 23.8. The summed E-state index contributed by atoms with van der Waals surface area (Å²) in [7, 11) is 3.35. The Morgan fingerprint density at radius 3 is 2.66 bits per heavy atom. The number of amides is 1. The normalized spacial score (nSPS) is 10.6. The van der Waals surface area contributed by atoms with Gasteiger partial charge in [0.2, 0.25) is 0 Å². The van der Waals surface area contributed by atoms with Crippen LogP contribution in [0.5, 0.6) is 5.75 Å². The molecule has 150 valence electrons. The maximum atomic E-state index is 12.4. The highest BCUT2D eigenvalue weighted by Gasteiger charge is 2.20. The number of methoxy groups -OCH3 is 1. The van der Waals surface area contributed by atoms with Crippen LogP contribution in [-0.2, 0) is 13.5 Å². The lowest BCUT2D eigenvalue weighted by Crippen LogP contribution is -2.25. The third-order valence-corrected chi connectivity index (χ3v) is 5.26. The monoisotopic (exact) mass is 413 g/mol. The third kappa shape index (κ3) is 5.11. The van der Waals surface area contributed by atoms with Crippen LogP contribution in [0.3, 0.4) is 0 Å². The molecule has 0 atom stereocenters. The van der Waals surface area contributed by atoms with Gasteiger partial charge < -0.3 is 14.6 Å². The summed E-state index contributed by atoms with van der Waals surface area (Å²) in [5, 5.41) is 22.5. The number of ether oxygens (including phenoxy) is 1. The molecule has 9 nitrogen and oxygen atoms in total. The van der Waals surface area contributed by atoms with Crippen molar-refractivity contribution in [2.75, 3.05) is 13.7 Å². The molecule has 1 N–H and O–H groups in total. The number of nitro benzene ring substituents is 1. The molecule has 29 heavy (non-hydrogen) atoms. The van der Waals surface area contributed by atoms with Gasteiger partial charge in [0.1, 0.15) is 12.1 Å². The van der Waals surface area contributed by atoms with E-state index in [1.807, 2.05) is 24.3 Å². The number of hydrogen-bond donors (Lipinski definition) is 1. The fourth-order valence-electron chi connectivity index (χ4n) is 2.57. The molecule has 0 aliphatic rings. The van der Waals surface area contributed by atoms with Gasteiger partial charge in [0.15, 0.2) is 5.16 Å². The molecule has 0 aliphatic heterocycles. The standard InChI is InChI=1S/C19H19N5O4S/c1-23-12-21-22-19(23)29-17-8-5-14(11-16(17)24(26)27)18(25)20-10-9-13-3-6-15(28-2)7-4-13/h3-8,11-12H,9-10H2,1-2H3,(H,20,25). The molecule has 0 saturated heterocycles. The molecule has 0 aliphatic carbocycles. The number of hydrogen-bond acceptors (Lipinski definition) is 7. The predicted octanol–water partition coefficient (Wildman–Crippen LogP) is 2.86. The number of nitrogens with zero attached hydrogens (tertiary/aromatic N) is 4. The molecule has 1 amide bonds. The molecule has 0 radical (unpaired) electrons. The molecule has 3 aromatic rings. The minimum Gasteiger partial charge on any atom is -0.497 e. The lowest BCUT2D eigenvalue weighted by molar-refractivity contribution is -0.387. The van der Waals surface area contributed by atoms with E-state index in [0.717, 1.165) is 23.1 Å². The molecule has 1 aromatic heterocycles. The molecular formula is C19H19N5O4S. The van der Waals surface area contributed by atoms with Crippen LogP contribution in [0.4, 0.5) is 5.69 Å². The van der Waals surface area contributed by atoms with Gasteiger partial charge in [-0.1, -0.05) is 12.1 Å². The van der Waals surface area contributed by atoms with Crippen molar-refractivity contribution in [2.24, 2.45) is 7.05 Å². The third-order valence-electron chi connectivity index (χ3n) is 4.15. The van der Waals surface area contributed by atoms with E-state index in [2.05, 4.69) is 15.5 Å². The van der Waals surface area contributed by atoms with Crippen LogP contribution in [-0.4, -0.2) is 39.2 Å².